The van der Waals surface area contributed by atoms with Crippen molar-refractivity contribution in [2.75, 3.05) is 6.61 Å². The maximum Gasteiger partial charge on any atom is 0.362 e. The van der Waals surface area contributed by atoms with E-state index in [-0.39, 0.29) is 12.2 Å². The van der Waals surface area contributed by atoms with E-state index in [2.05, 4.69) is 0 Å². The zero-order valence-electron chi connectivity index (χ0n) is 17.5. The zero-order chi connectivity index (χ0) is 25.3. The molecule has 6 atom stereocenters. The number of rotatable bonds is 3. The Labute approximate surface area is 186 Å². The van der Waals surface area contributed by atoms with E-state index >= 15 is 0 Å². The summed E-state index contributed by atoms with van der Waals surface area (Å²) in [5.41, 5.74) is 0.392. The number of fused-ring (bicyclic) bond motifs is 1. The standard InChI is InChI=1S/C13H12O4.C6H13O9P/c1-3-16-12(14)11-8(2)9-6-4-5-7-10(9)17-13(11)15;7-1-2(8)4(10)6(12,16(13,14)15)5(11)3(1)9/h4-7H,3H2,1-2H3;1-5,7-12H,(H2,13,14,15)/t;1-,2-,3+,4-,5-,6+/m.1/s1. The van der Waals surface area contributed by atoms with E-state index in [4.69, 9.17) is 34.3 Å². The number of esters is 1. The Morgan fingerprint density at radius 3 is 2.06 bits per heavy atom. The molecule has 0 bridgehead atoms. The third kappa shape index (κ3) is 4.87. The second-order valence-corrected chi connectivity index (χ2v) is 9.10. The van der Waals surface area contributed by atoms with E-state index in [9.17, 15) is 29.5 Å². The summed E-state index contributed by atoms with van der Waals surface area (Å²) in [6.45, 7) is 3.63. The van der Waals surface area contributed by atoms with Crippen LogP contribution in [0.2, 0.25) is 0 Å². The Hall–Kier alpha value is -2.19. The topological polar surface area (TPSA) is 235 Å². The van der Waals surface area contributed by atoms with Crippen molar-refractivity contribution in [2.45, 2.75) is 49.7 Å². The third-order valence-corrected chi connectivity index (χ3v) is 6.70. The molecular weight excluding hydrogens is 467 g/mol. The second kappa shape index (κ2) is 9.97. The summed E-state index contributed by atoms with van der Waals surface area (Å²) < 4.78 is 20.9. The van der Waals surface area contributed by atoms with Crippen molar-refractivity contribution in [1.82, 2.24) is 0 Å². The number of aliphatic hydroxyl groups is 6. The monoisotopic (exact) mass is 492 g/mol. The van der Waals surface area contributed by atoms with Crippen molar-refractivity contribution in [2.24, 2.45) is 0 Å². The summed E-state index contributed by atoms with van der Waals surface area (Å²) in [6.07, 6.45) is -11.4. The van der Waals surface area contributed by atoms with Crippen LogP contribution in [0.1, 0.15) is 22.8 Å². The van der Waals surface area contributed by atoms with Crippen molar-refractivity contribution in [3.05, 3.63) is 45.8 Å². The van der Waals surface area contributed by atoms with Crippen molar-refractivity contribution in [1.29, 1.82) is 0 Å². The average molecular weight is 492 g/mol. The third-order valence-electron chi connectivity index (χ3n) is 5.24. The molecule has 33 heavy (non-hydrogen) atoms. The van der Waals surface area contributed by atoms with Gasteiger partial charge in [0.05, 0.1) is 6.61 Å². The molecule has 1 saturated carbocycles. The Morgan fingerprint density at radius 1 is 1.06 bits per heavy atom. The highest BCUT2D eigenvalue weighted by Gasteiger charge is 2.66. The lowest BCUT2D eigenvalue weighted by atomic mass is 9.84. The summed E-state index contributed by atoms with van der Waals surface area (Å²) in [5.74, 6) is -0.635. The first-order chi connectivity index (χ1) is 15.2. The van der Waals surface area contributed by atoms with Crippen molar-refractivity contribution >= 4 is 24.5 Å². The van der Waals surface area contributed by atoms with Crippen LogP contribution >= 0.6 is 7.60 Å². The largest absolute Gasteiger partial charge is 0.462 e. The predicted octanol–water partition coefficient (Wildman–Crippen LogP) is -2.05. The molecule has 1 fully saturated rings. The number of carbonyl (C=O) groups is 1. The number of benzene rings is 1. The molecule has 0 aliphatic heterocycles. The van der Waals surface area contributed by atoms with Crippen LogP contribution < -0.4 is 5.63 Å². The summed E-state index contributed by atoms with van der Waals surface area (Å²) in [5, 5.41) is 52.8. The minimum absolute atomic E-state index is 0.0226. The molecule has 0 radical (unpaired) electrons. The number of aryl methyl sites for hydroxylation is 1. The normalized spacial score (nSPS) is 29.8. The first kappa shape index (κ1) is 27.1. The molecule has 3 rings (SSSR count). The highest BCUT2D eigenvalue weighted by Crippen LogP contribution is 2.55. The molecule has 13 nitrogen and oxygen atoms in total. The lowest BCUT2D eigenvalue weighted by molar-refractivity contribution is -0.243. The van der Waals surface area contributed by atoms with Gasteiger partial charge in [-0.3, -0.25) is 4.57 Å². The van der Waals surface area contributed by atoms with Crippen LogP contribution in [0.15, 0.2) is 33.5 Å². The van der Waals surface area contributed by atoms with E-state index in [1.54, 1.807) is 32.0 Å². The van der Waals surface area contributed by atoms with Gasteiger partial charge in [-0.05, 0) is 25.5 Å². The molecule has 0 saturated heterocycles. The molecule has 8 N–H and O–H groups in total. The quantitative estimate of drug-likeness (QED) is 0.131. The SMILES string of the molecule is CCOC(=O)c1c(C)c2ccccc2oc1=O.O=P(O)(O)[C@@]1(O)[C@H](O)[C@H](O)[C@@H](O)[C@H](O)[C@H]1O. The molecular formula is C19H25O13P. The number of para-hydroxylation sites is 1. The van der Waals surface area contributed by atoms with Crippen LogP contribution in [0, 0.1) is 6.92 Å². The fourth-order valence-corrected chi connectivity index (χ4v) is 4.34. The first-order valence-electron chi connectivity index (χ1n) is 9.58. The molecule has 14 heteroatoms. The van der Waals surface area contributed by atoms with Crippen LogP contribution in [-0.2, 0) is 9.30 Å². The molecule has 2 aromatic rings. The highest BCUT2D eigenvalue weighted by molar-refractivity contribution is 7.53. The van der Waals surface area contributed by atoms with Gasteiger partial charge in [0, 0.05) is 5.39 Å². The van der Waals surface area contributed by atoms with Gasteiger partial charge in [0.2, 0.25) is 5.34 Å². The van der Waals surface area contributed by atoms with E-state index in [1.807, 2.05) is 6.07 Å². The van der Waals surface area contributed by atoms with E-state index in [0.717, 1.165) is 5.39 Å². The molecule has 1 heterocycles. The van der Waals surface area contributed by atoms with Gasteiger partial charge in [-0.15, -0.1) is 0 Å². The minimum Gasteiger partial charge on any atom is -0.462 e. The van der Waals surface area contributed by atoms with Crippen LogP contribution in [0.5, 0.6) is 0 Å². The predicted molar refractivity (Wildman–Crippen MR) is 110 cm³/mol. The van der Waals surface area contributed by atoms with Crippen LogP contribution in [0.4, 0.5) is 0 Å². The van der Waals surface area contributed by atoms with Gasteiger partial charge in [-0.1, -0.05) is 18.2 Å². The maximum absolute atomic E-state index is 11.7. The summed E-state index contributed by atoms with van der Waals surface area (Å²) in [7, 11) is -5.44. The Kier molecular flexibility index (Phi) is 8.18. The van der Waals surface area contributed by atoms with Crippen LogP contribution in [0.3, 0.4) is 0 Å². The van der Waals surface area contributed by atoms with Crippen molar-refractivity contribution in [3.8, 4) is 0 Å². The molecule has 1 aromatic carbocycles. The molecule has 1 aliphatic carbocycles. The molecule has 184 valence electrons. The fourth-order valence-electron chi connectivity index (χ4n) is 3.34. The van der Waals surface area contributed by atoms with Crippen LogP contribution in [0.25, 0.3) is 11.0 Å². The summed E-state index contributed by atoms with van der Waals surface area (Å²) in [6, 6.07) is 7.09. The van der Waals surface area contributed by atoms with Gasteiger partial charge in [0.25, 0.3) is 0 Å². The number of hydrogen-bond donors (Lipinski definition) is 8. The molecule has 0 amide bonds. The second-order valence-electron chi connectivity index (χ2n) is 7.29. The number of hydrogen-bond acceptors (Lipinski definition) is 11. The average Bonchev–Trinajstić information content (AvgIpc) is 2.75. The fraction of sp³-hybridized carbons (Fsp3) is 0.474. The maximum atomic E-state index is 11.7. The highest BCUT2D eigenvalue weighted by atomic mass is 31.2. The zero-order valence-corrected chi connectivity index (χ0v) is 18.4. The van der Waals surface area contributed by atoms with Gasteiger partial charge in [-0.25, -0.2) is 9.59 Å². The lowest BCUT2D eigenvalue weighted by Crippen LogP contribution is -2.70. The van der Waals surface area contributed by atoms with Gasteiger partial charge < -0.3 is 49.6 Å². The Morgan fingerprint density at radius 2 is 1.58 bits per heavy atom. The van der Waals surface area contributed by atoms with Crippen LogP contribution in [-0.4, -0.2) is 88.9 Å². The van der Waals surface area contributed by atoms with Crippen molar-refractivity contribution < 1.29 is 58.9 Å². The van der Waals surface area contributed by atoms with Gasteiger partial charge in [0.15, 0.2) is 0 Å². The Balaban J connectivity index is 0.000000234. The lowest BCUT2D eigenvalue weighted by Gasteiger charge is -2.47. The van der Waals surface area contributed by atoms with E-state index < -0.39 is 55.1 Å². The first-order valence-corrected chi connectivity index (χ1v) is 11.2. The summed E-state index contributed by atoms with van der Waals surface area (Å²) >= 11 is 0. The molecule has 1 aliphatic rings. The number of carbonyl (C=O) groups excluding carboxylic acids is 1. The number of aliphatic hydroxyl groups excluding tert-OH is 5. The van der Waals surface area contributed by atoms with Gasteiger partial charge in [-0.2, -0.15) is 0 Å². The molecule has 0 spiro atoms. The van der Waals surface area contributed by atoms with E-state index in [1.165, 1.54) is 0 Å². The van der Waals surface area contributed by atoms with Crippen molar-refractivity contribution in [3.63, 3.8) is 0 Å². The Bertz CT molecular complexity index is 1090. The smallest absolute Gasteiger partial charge is 0.362 e. The minimum atomic E-state index is -5.44. The van der Waals surface area contributed by atoms with Gasteiger partial charge >= 0.3 is 19.2 Å². The van der Waals surface area contributed by atoms with Gasteiger partial charge in [0.1, 0.15) is 41.7 Å². The summed E-state index contributed by atoms with van der Waals surface area (Å²) in [4.78, 5) is 41.0. The van der Waals surface area contributed by atoms with E-state index in [0.29, 0.717) is 11.1 Å². The molecule has 1 aromatic heterocycles. The molecule has 0 unspecified atom stereocenters. The number of ether oxygens (including phenoxy) is 1.